The van der Waals surface area contributed by atoms with Crippen LogP contribution < -0.4 is 5.32 Å². The van der Waals surface area contributed by atoms with E-state index in [9.17, 15) is 13.2 Å². The molecular weight excluding hydrogens is 286 g/mol. The molecule has 1 N–H and O–H groups in total. The molecule has 2 aliphatic rings. The van der Waals surface area contributed by atoms with Gasteiger partial charge in [-0.1, -0.05) is 36.2 Å². The second-order valence-corrected chi connectivity index (χ2v) is 8.61. The summed E-state index contributed by atoms with van der Waals surface area (Å²) in [7, 11) is -2.96. The van der Waals surface area contributed by atoms with Crippen LogP contribution in [-0.4, -0.2) is 31.9 Å². The maximum Gasteiger partial charge on any atom is 0.230 e. The lowest BCUT2D eigenvalue weighted by atomic mass is 9.63. The molecule has 3 rings (SSSR count). The van der Waals surface area contributed by atoms with E-state index in [1.165, 1.54) is 0 Å². The van der Waals surface area contributed by atoms with Crippen LogP contribution in [0.5, 0.6) is 0 Å². The maximum absolute atomic E-state index is 12.7. The average molecular weight is 307 g/mol. The van der Waals surface area contributed by atoms with Crippen LogP contribution in [0, 0.1) is 6.92 Å². The topological polar surface area (TPSA) is 63.2 Å². The number of sulfone groups is 1. The summed E-state index contributed by atoms with van der Waals surface area (Å²) < 4.78 is 23.0. The van der Waals surface area contributed by atoms with Gasteiger partial charge in [0, 0.05) is 6.04 Å². The third-order valence-electron chi connectivity index (χ3n) is 4.78. The molecule has 0 spiro atoms. The zero-order chi connectivity index (χ0) is 15.1. The first-order valence-electron chi connectivity index (χ1n) is 7.50. The molecule has 5 heteroatoms. The van der Waals surface area contributed by atoms with Crippen molar-refractivity contribution in [2.75, 3.05) is 11.5 Å². The van der Waals surface area contributed by atoms with Gasteiger partial charge in [0.2, 0.25) is 5.91 Å². The lowest BCUT2D eigenvalue weighted by molar-refractivity contribution is -0.130. The van der Waals surface area contributed by atoms with Gasteiger partial charge in [0.15, 0.2) is 9.84 Å². The summed E-state index contributed by atoms with van der Waals surface area (Å²) in [6.07, 6.45) is 3.28. The Labute approximate surface area is 125 Å². The summed E-state index contributed by atoms with van der Waals surface area (Å²) in [6, 6.07) is 7.88. The molecular formula is C16H21NO3S. The number of carbonyl (C=O) groups excluding carboxylic acids is 1. The summed E-state index contributed by atoms with van der Waals surface area (Å²) in [5.41, 5.74) is 1.76. The van der Waals surface area contributed by atoms with Crippen molar-refractivity contribution in [3.63, 3.8) is 0 Å². The van der Waals surface area contributed by atoms with Crippen molar-refractivity contribution in [2.45, 2.75) is 44.1 Å². The van der Waals surface area contributed by atoms with Crippen molar-refractivity contribution < 1.29 is 13.2 Å². The summed E-state index contributed by atoms with van der Waals surface area (Å²) in [5.74, 6) is 0.277. The minimum atomic E-state index is -2.96. The van der Waals surface area contributed by atoms with Gasteiger partial charge in [0.05, 0.1) is 16.9 Å². The molecule has 1 saturated heterocycles. The highest BCUT2D eigenvalue weighted by Crippen LogP contribution is 2.44. The van der Waals surface area contributed by atoms with Crippen LogP contribution in [-0.2, 0) is 20.0 Å². The lowest BCUT2D eigenvalue weighted by Crippen LogP contribution is -2.52. The fourth-order valence-corrected chi connectivity index (χ4v) is 5.03. The third-order valence-corrected chi connectivity index (χ3v) is 6.55. The number of benzene rings is 1. The highest BCUT2D eigenvalue weighted by atomic mass is 32.2. The maximum atomic E-state index is 12.7. The highest BCUT2D eigenvalue weighted by Gasteiger charge is 2.46. The number of rotatable bonds is 3. The molecule has 0 radical (unpaired) electrons. The van der Waals surface area contributed by atoms with Crippen molar-refractivity contribution in [3.05, 3.63) is 35.4 Å². The Morgan fingerprint density at radius 1 is 1.33 bits per heavy atom. The van der Waals surface area contributed by atoms with E-state index in [2.05, 4.69) is 11.4 Å². The van der Waals surface area contributed by atoms with Crippen LogP contribution in [0.25, 0.3) is 0 Å². The number of hydrogen-bond acceptors (Lipinski definition) is 3. The average Bonchev–Trinajstić information content (AvgIpc) is 2.67. The monoisotopic (exact) mass is 307 g/mol. The third kappa shape index (κ3) is 2.71. The second-order valence-electron chi connectivity index (χ2n) is 6.38. The zero-order valence-corrected chi connectivity index (χ0v) is 13.1. The Balaban J connectivity index is 1.78. The van der Waals surface area contributed by atoms with Crippen molar-refractivity contribution in [1.82, 2.24) is 5.32 Å². The summed E-state index contributed by atoms with van der Waals surface area (Å²) in [4.78, 5) is 12.7. The van der Waals surface area contributed by atoms with Gasteiger partial charge in [-0.15, -0.1) is 0 Å². The Morgan fingerprint density at radius 2 is 2.10 bits per heavy atom. The minimum absolute atomic E-state index is 0.00134. The molecule has 1 aromatic carbocycles. The van der Waals surface area contributed by atoms with Crippen LogP contribution in [0.2, 0.25) is 0 Å². The molecule has 114 valence electrons. The van der Waals surface area contributed by atoms with Gasteiger partial charge in [-0.2, -0.15) is 0 Å². The van der Waals surface area contributed by atoms with E-state index in [1.807, 2.05) is 25.1 Å². The largest absolute Gasteiger partial charge is 0.352 e. The fourth-order valence-electron chi connectivity index (χ4n) is 3.35. The predicted octanol–water partition coefficient (Wildman–Crippen LogP) is 1.72. The van der Waals surface area contributed by atoms with Gasteiger partial charge in [-0.25, -0.2) is 8.42 Å². The number of carbonyl (C=O) groups is 1. The number of amides is 1. The molecule has 1 aliphatic carbocycles. The molecule has 0 bridgehead atoms. The molecule has 1 atom stereocenters. The van der Waals surface area contributed by atoms with Gasteiger partial charge in [-0.05, 0) is 31.7 Å². The van der Waals surface area contributed by atoms with Crippen molar-refractivity contribution in [1.29, 1.82) is 0 Å². The van der Waals surface area contributed by atoms with E-state index < -0.39 is 15.3 Å². The fraction of sp³-hybridized carbons (Fsp3) is 0.562. The van der Waals surface area contributed by atoms with Gasteiger partial charge in [0.25, 0.3) is 0 Å². The summed E-state index contributed by atoms with van der Waals surface area (Å²) >= 11 is 0. The zero-order valence-electron chi connectivity index (χ0n) is 12.3. The van der Waals surface area contributed by atoms with Gasteiger partial charge in [-0.3, -0.25) is 4.79 Å². The number of nitrogens with one attached hydrogen (secondary N) is 1. The number of aryl methyl sites for hydroxylation is 1. The Morgan fingerprint density at radius 3 is 2.62 bits per heavy atom. The predicted molar refractivity (Wildman–Crippen MR) is 81.9 cm³/mol. The first-order chi connectivity index (χ1) is 9.91. The highest BCUT2D eigenvalue weighted by molar-refractivity contribution is 7.91. The first-order valence-corrected chi connectivity index (χ1v) is 9.32. The molecule has 1 unspecified atom stereocenters. The van der Waals surface area contributed by atoms with E-state index >= 15 is 0 Å². The van der Waals surface area contributed by atoms with E-state index in [0.29, 0.717) is 6.42 Å². The van der Waals surface area contributed by atoms with Crippen LogP contribution in [0.15, 0.2) is 24.3 Å². The van der Waals surface area contributed by atoms with E-state index in [1.54, 1.807) is 0 Å². The van der Waals surface area contributed by atoms with Crippen molar-refractivity contribution in [2.24, 2.45) is 0 Å². The van der Waals surface area contributed by atoms with Crippen molar-refractivity contribution >= 4 is 15.7 Å². The molecule has 21 heavy (non-hydrogen) atoms. The van der Waals surface area contributed by atoms with Crippen LogP contribution in [0.1, 0.15) is 36.8 Å². The second kappa shape index (κ2) is 5.13. The van der Waals surface area contributed by atoms with E-state index in [0.717, 1.165) is 30.4 Å². The van der Waals surface area contributed by atoms with Crippen LogP contribution in [0.3, 0.4) is 0 Å². The van der Waals surface area contributed by atoms with Gasteiger partial charge < -0.3 is 5.32 Å². The summed E-state index contributed by atoms with van der Waals surface area (Å²) in [6.45, 7) is 2.03. The molecule has 4 nitrogen and oxygen atoms in total. The molecule has 1 saturated carbocycles. The summed E-state index contributed by atoms with van der Waals surface area (Å²) in [5, 5.41) is 2.98. The number of hydrogen-bond donors (Lipinski definition) is 1. The SMILES string of the molecule is Cc1cccc(C2(C(=O)NC3CCS(=O)(=O)C3)CCC2)c1. The molecule has 1 amide bonds. The van der Waals surface area contributed by atoms with Crippen LogP contribution in [0.4, 0.5) is 0 Å². The molecule has 1 aromatic rings. The standard InChI is InChI=1S/C16H21NO3S/c1-12-4-2-5-13(10-12)16(7-3-8-16)15(18)17-14-6-9-21(19,20)11-14/h2,4-5,10,14H,3,6-9,11H2,1H3,(H,17,18). The first kappa shape index (κ1) is 14.6. The lowest BCUT2D eigenvalue weighted by Gasteiger charge is -2.41. The van der Waals surface area contributed by atoms with E-state index in [-0.39, 0.29) is 23.5 Å². The smallest absolute Gasteiger partial charge is 0.230 e. The molecule has 2 fully saturated rings. The molecule has 0 aromatic heterocycles. The quantitative estimate of drug-likeness (QED) is 0.925. The molecule has 1 aliphatic heterocycles. The Hall–Kier alpha value is -1.36. The van der Waals surface area contributed by atoms with Crippen LogP contribution >= 0.6 is 0 Å². The van der Waals surface area contributed by atoms with Gasteiger partial charge in [0.1, 0.15) is 0 Å². The Kier molecular flexibility index (Phi) is 3.56. The van der Waals surface area contributed by atoms with Crippen molar-refractivity contribution in [3.8, 4) is 0 Å². The van der Waals surface area contributed by atoms with E-state index in [4.69, 9.17) is 0 Å². The molecule has 1 heterocycles. The normalized spacial score (nSPS) is 26.0. The minimum Gasteiger partial charge on any atom is -0.352 e. The Bertz CT molecular complexity index is 662. The van der Waals surface area contributed by atoms with Gasteiger partial charge >= 0.3 is 0 Å².